The highest BCUT2D eigenvalue weighted by Crippen LogP contribution is 2.11. The summed E-state index contributed by atoms with van der Waals surface area (Å²) in [4.78, 5) is 11.1. The molecule has 0 spiro atoms. The molecule has 3 nitrogen and oxygen atoms in total. The SMILES string of the molecule is CCCCCCCCCCCCOC(=O)SCC#N. The van der Waals surface area contributed by atoms with Crippen molar-refractivity contribution in [2.75, 3.05) is 12.4 Å². The maximum absolute atomic E-state index is 11.1. The maximum Gasteiger partial charge on any atom is 0.368 e. The third-order valence-corrected chi connectivity index (χ3v) is 3.60. The van der Waals surface area contributed by atoms with Crippen LogP contribution >= 0.6 is 11.8 Å². The Morgan fingerprint density at radius 2 is 1.53 bits per heavy atom. The molecule has 0 unspecified atom stereocenters. The van der Waals surface area contributed by atoms with Gasteiger partial charge in [-0.3, -0.25) is 0 Å². The molecule has 4 heteroatoms. The minimum atomic E-state index is -0.322. The van der Waals surface area contributed by atoms with Gasteiger partial charge in [-0.05, 0) is 18.2 Å². The Hall–Kier alpha value is -0.690. The second-order valence-electron chi connectivity index (χ2n) is 4.73. The van der Waals surface area contributed by atoms with Gasteiger partial charge in [-0.25, -0.2) is 4.79 Å². The number of hydrogen-bond acceptors (Lipinski definition) is 4. The van der Waals surface area contributed by atoms with Gasteiger partial charge in [-0.2, -0.15) is 5.26 Å². The number of nitriles is 1. The summed E-state index contributed by atoms with van der Waals surface area (Å²) in [6, 6.07) is 1.90. The summed E-state index contributed by atoms with van der Waals surface area (Å²) in [5.41, 5.74) is 0. The van der Waals surface area contributed by atoms with Crippen LogP contribution in [0.4, 0.5) is 4.79 Å². The van der Waals surface area contributed by atoms with Gasteiger partial charge in [0.1, 0.15) is 0 Å². The van der Waals surface area contributed by atoms with Crippen molar-refractivity contribution in [3.8, 4) is 6.07 Å². The zero-order valence-electron chi connectivity index (χ0n) is 12.2. The number of nitrogens with zero attached hydrogens (tertiary/aromatic N) is 1. The van der Waals surface area contributed by atoms with E-state index in [1.807, 2.05) is 6.07 Å². The molecule has 0 aromatic rings. The van der Waals surface area contributed by atoms with E-state index >= 15 is 0 Å². The summed E-state index contributed by atoms with van der Waals surface area (Å²) in [6.45, 7) is 2.74. The van der Waals surface area contributed by atoms with Crippen LogP contribution in [0.1, 0.15) is 71.1 Å². The summed E-state index contributed by atoms with van der Waals surface area (Å²) in [5.74, 6) is 0.177. The lowest BCUT2D eigenvalue weighted by molar-refractivity contribution is 0.172. The molecule has 0 atom stereocenters. The molecular weight excluding hydrogens is 258 g/mol. The van der Waals surface area contributed by atoms with Gasteiger partial charge in [0, 0.05) is 0 Å². The standard InChI is InChI=1S/C15H27NO2S/c1-2-3-4-5-6-7-8-9-10-11-13-18-15(17)19-14-12-16/h2-11,13-14H2,1H3. The average Bonchev–Trinajstić information content (AvgIpc) is 2.42. The maximum atomic E-state index is 11.1. The number of thioether (sulfide) groups is 1. The van der Waals surface area contributed by atoms with E-state index in [2.05, 4.69) is 6.92 Å². The fourth-order valence-electron chi connectivity index (χ4n) is 1.88. The lowest BCUT2D eigenvalue weighted by Gasteiger charge is -2.03. The van der Waals surface area contributed by atoms with Crippen LogP contribution in [0.2, 0.25) is 0 Å². The van der Waals surface area contributed by atoms with Crippen molar-refractivity contribution in [2.24, 2.45) is 0 Å². The lowest BCUT2D eigenvalue weighted by Crippen LogP contribution is -2.00. The van der Waals surface area contributed by atoms with Crippen molar-refractivity contribution in [1.82, 2.24) is 0 Å². The molecule has 0 aliphatic rings. The number of carbonyl (C=O) groups excluding carboxylic acids is 1. The Balaban J connectivity index is 3.07. The molecule has 0 heterocycles. The Kier molecular flexibility index (Phi) is 14.8. The van der Waals surface area contributed by atoms with E-state index < -0.39 is 0 Å². The van der Waals surface area contributed by atoms with Crippen LogP contribution in [0.25, 0.3) is 0 Å². The molecule has 110 valence electrons. The van der Waals surface area contributed by atoms with Gasteiger partial charge in [0.25, 0.3) is 0 Å². The van der Waals surface area contributed by atoms with Crippen LogP contribution in [-0.2, 0) is 4.74 Å². The first-order valence-corrected chi connectivity index (χ1v) is 8.46. The zero-order chi connectivity index (χ0) is 14.2. The topological polar surface area (TPSA) is 50.1 Å². The Morgan fingerprint density at radius 1 is 1.00 bits per heavy atom. The first-order chi connectivity index (χ1) is 9.31. The van der Waals surface area contributed by atoms with E-state index in [9.17, 15) is 4.79 Å². The number of ether oxygens (including phenoxy) is 1. The second kappa shape index (κ2) is 15.4. The quantitative estimate of drug-likeness (QED) is 0.360. The van der Waals surface area contributed by atoms with Gasteiger partial charge in [-0.15, -0.1) is 0 Å². The molecule has 0 aromatic heterocycles. The molecule has 0 amide bonds. The van der Waals surface area contributed by atoms with Gasteiger partial charge in [0.05, 0.1) is 18.4 Å². The summed E-state index contributed by atoms with van der Waals surface area (Å²) in [5, 5.41) is 7.97. The molecule has 0 aliphatic heterocycles. The van der Waals surface area contributed by atoms with Gasteiger partial charge >= 0.3 is 5.30 Å². The number of unbranched alkanes of at least 4 members (excludes halogenated alkanes) is 9. The van der Waals surface area contributed by atoms with E-state index in [-0.39, 0.29) is 11.1 Å². The molecule has 0 bridgehead atoms. The van der Waals surface area contributed by atoms with E-state index in [4.69, 9.17) is 10.00 Å². The molecule has 0 radical (unpaired) electrons. The van der Waals surface area contributed by atoms with Crippen molar-refractivity contribution < 1.29 is 9.53 Å². The highest BCUT2D eigenvalue weighted by atomic mass is 32.2. The Morgan fingerprint density at radius 3 is 2.05 bits per heavy atom. The van der Waals surface area contributed by atoms with Gasteiger partial charge in [0.2, 0.25) is 0 Å². The highest BCUT2D eigenvalue weighted by Gasteiger charge is 2.01. The van der Waals surface area contributed by atoms with Crippen molar-refractivity contribution in [3.05, 3.63) is 0 Å². The number of rotatable bonds is 12. The fraction of sp³-hybridized carbons (Fsp3) is 0.867. The third-order valence-electron chi connectivity index (χ3n) is 2.97. The minimum Gasteiger partial charge on any atom is -0.458 e. The van der Waals surface area contributed by atoms with Crippen molar-refractivity contribution in [1.29, 1.82) is 5.26 Å². The number of hydrogen-bond donors (Lipinski definition) is 0. The molecule has 0 aromatic carbocycles. The van der Waals surface area contributed by atoms with Crippen LogP contribution in [-0.4, -0.2) is 17.7 Å². The molecule has 19 heavy (non-hydrogen) atoms. The van der Waals surface area contributed by atoms with Crippen molar-refractivity contribution >= 4 is 17.1 Å². The van der Waals surface area contributed by atoms with Crippen molar-refractivity contribution in [3.63, 3.8) is 0 Å². The summed E-state index contributed by atoms with van der Waals surface area (Å²) < 4.78 is 4.99. The second-order valence-corrected chi connectivity index (χ2v) is 5.64. The number of carbonyl (C=O) groups is 1. The van der Waals surface area contributed by atoms with Crippen LogP contribution in [0.5, 0.6) is 0 Å². The lowest BCUT2D eigenvalue weighted by atomic mass is 10.1. The summed E-state index contributed by atoms with van der Waals surface area (Å²) >= 11 is 0.935. The monoisotopic (exact) mass is 285 g/mol. The third kappa shape index (κ3) is 15.3. The fourth-order valence-corrected chi connectivity index (χ4v) is 2.23. The smallest absolute Gasteiger partial charge is 0.368 e. The van der Waals surface area contributed by atoms with Crippen LogP contribution < -0.4 is 0 Å². The molecule has 0 aliphatic carbocycles. The molecule has 0 saturated carbocycles. The van der Waals surface area contributed by atoms with Crippen LogP contribution in [0.15, 0.2) is 0 Å². The average molecular weight is 285 g/mol. The molecular formula is C15H27NO2S. The van der Waals surface area contributed by atoms with Crippen LogP contribution in [0.3, 0.4) is 0 Å². The van der Waals surface area contributed by atoms with Gasteiger partial charge < -0.3 is 4.74 Å². The van der Waals surface area contributed by atoms with Gasteiger partial charge in [0.15, 0.2) is 0 Å². The first-order valence-electron chi connectivity index (χ1n) is 7.47. The van der Waals surface area contributed by atoms with Gasteiger partial charge in [-0.1, -0.05) is 64.7 Å². The van der Waals surface area contributed by atoms with Crippen molar-refractivity contribution in [2.45, 2.75) is 71.1 Å². The Bertz CT molecular complexity index is 251. The molecule has 0 N–H and O–H groups in total. The normalized spacial score (nSPS) is 10.1. The molecule has 0 rings (SSSR count). The zero-order valence-corrected chi connectivity index (χ0v) is 13.0. The molecule has 0 fully saturated rings. The van der Waals surface area contributed by atoms with E-state index in [0.29, 0.717) is 6.61 Å². The summed E-state index contributed by atoms with van der Waals surface area (Å²) in [6.07, 6.45) is 12.7. The summed E-state index contributed by atoms with van der Waals surface area (Å²) in [7, 11) is 0. The molecule has 0 saturated heterocycles. The van der Waals surface area contributed by atoms with Crippen LogP contribution in [0, 0.1) is 11.3 Å². The van der Waals surface area contributed by atoms with E-state index in [0.717, 1.165) is 24.6 Å². The van der Waals surface area contributed by atoms with E-state index in [1.54, 1.807) is 0 Å². The first kappa shape index (κ1) is 18.3. The predicted molar refractivity (Wildman–Crippen MR) is 81.3 cm³/mol. The highest BCUT2D eigenvalue weighted by molar-refractivity contribution is 8.13. The predicted octanol–water partition coefficient (Wildman–Crippen LogP) is 5.30. The minimum absolute atomic E-state index is 0.177. The largest absolute Gasteiger partial charge is 0.458 e. The Labute approximate surface area is 122 Å². The van der Waals surface area contributed by atoms with E-state index in [1.165, 1.54) is 51.4 Å².